The first-order chi connectivity index (χ1) is 8.04. The SMILES string of the molecule is Cc1cc2c(s1)CCC[C@@]21N=C(N)N(C)C1=O. The number of carbonyl (C=O) groups excluding carboxylic acids is 1. The summed E-state index contributed by atoms with van der Waals surface area (Å²) in [6, 6.07) is 2.10. The van der Waals surface area contributed by atoms with E-state index in [0.717, 1.165) is 24.8 Å². The molecule has 5 heteroatoms. The average molecular weight is 249 g/mol. The Hall–Kier alpha value is -1.36. The van der Waals surface area contributed by atoms with E-state index in [1.807, 2.05) is 0 Å². The van der Waals surface area contributed by atoms with Crippen molar-refractivity contribution in [3.05, 3.63) is 21.4 Å². The van der Waals surface area contributed by atoms with Gasteiger partial charge in [-0.3, -0.25) is 9.69 Å². The zero-order valence-corrected chi connectivity index (χ0v) is 10.8. The number of amides is 1. The van der Waals surface area contributed by atoms with Gasteiger partial charge in [0.25, 0.3) is 5.91 Å². The first-order valence-electron chi connectivity index (χ1n) is 5.78. The quantitative estimate of drug-likeness (QED) is 0.755. The molecule has 4 nitrogen and oxygen atoms in total. The lowest BCUT2D eigenvalue weighted by atomic mass is 9.80. The summed E-state index contributed by atoms with van der Waals surface area (Å²) in [5.41, 5.74) is 6.17. The fraction of sp³-hybridized carbons (Fsp3) is 0.500. The van der Waals surface area contributed by atoms with Crippen molar-refractivity contribution >= 4 is 23.2 Å². The molecule has 0 fully saturated rings. The van der Waals surface area contributed by atoms with E-state index in [0.29, 0.717) is 5.96 Å². The molecule has 90 valence electrons. The van der Waals surface area contributed by atoms with E-state index in [-0.39, 0.29) is 5.91 Å². The first-order valence-corrected chi connectivity index (χ1v) is 6.59. The highest BCUT2D eigenvalue weighted by Gasteiger charge is 2.50. The van der Waals surface area contributed by atoms with E-state index in [9.17, 15) is 4.79 Å². The lowest BCUT2D eigenvalue weighted by molar-refractivity contribution is -0.131. The molecule has 2 aliphatic rings. The van der Waals surface area contributed by atoms with Crippen LogP contribution in [0.4, 0.5) is 0 Å². The maximum Gasteiger partial charge on any atom is 0.261 e. The van der Waals surface area contributed by atoms with Gasteiger partial charge in [0.15, 0.2) is 11.5 Å². The molecule has 0 unspecified atom stereocenters. The molecule has 1 aromatic heterocycles. The fourth-order valence-corrected chi connectivity index (χ4v) is 3.93. The fourth-order valence-electron chi connectivity index (χ4n) is 2.78. The summed E-state index contributed by atoms with van der Waals surface area (Å²) in [5, 5.41) is 0. The van der Waals surface area contributed by atoms with Gasteiger partial charge in [-0.2, -0.15) is 0 Å². The molecule has 0 saturated heterocycles. The van der Waals surface area contributed by atoms with Crippen molar-refractivity contribution in [2.24, 2.45) is 10.7 Å². The number of hydrogen-bond acceptors (Lipinski definition) is 4. The second-order valence-electron chi connectivity index (χ2n) is 4.74. The number of fused-ring (bicyclic) bond motifs is 2. The van der Waals surface area contributed by atoms with Crippen molar-refractivity contribution in [2.75, 3.05) is 7.05 Å². The van der Waals surface area contributed by atoms with Crippen molar-refractivity contribution in [3.8, 4) is 0 Å². The number of guanidine groups is 1. The van der Waals surface area contributed by atoms with E-state index in [1.165, 1.54) is 14.7 Å². The Balaban J connectivity index is 2.20. The van der Waals surface area contributed by atoms with Crippen LogP contribution in [0.3, 0.4) is 0 Å². The van der Waals surface area contributed by atoms with Gasteiger partial charge in [0.1, 0.15) is 0 Å². The molecule has 1 amide bonds. The van der Waals surface area contributed by atoms with E-state index < -0.39 is 5.54 Å². The Morgan fingerprint density at radius 2 is 2.35 bits per heavy atom. The third-order valence-electron chi connectivity index (χ3n) is 3.63. The third kappa shape index (κ3) is 1.29. The topological polar surface area (TPSA) is 58.7 Å². The van der Waals surface area contributed by atoms with E-state index >= 15 is 0 Å². The number of carbonyl (C=O) groups is 1. The number of nitrogens with zero attached hydrogens (tertiary/aromatic N) is 2. The summed E-state index contributed by atoms with van der Waals surface area (Å²) in [6.45, 7) is 2.08. The minimum Gasteiger partial charge on any atom is -0.369 e. The van der Waals surface area contributed by atoms with Gasteiger partial charge in [-0.15, -0.1) is 11.3 Å². The zero-order valence-electron chi connectivity index (χ0n) is 9.99. The van der Waals surface area contributed by atoms with Gasteiger partial charge in [0.05, 0.1) is 0 Å². The van der Waals surface area contributed by atoms with Crippen LogP contribution in [0, 0.1) is 6.92 Å². The smallest absolute Gasteiger partial charge is 0.261 e. The van der Waals surface area contributed by atoms with E-state index in [4.69, 9.17) is 5.73 Å². The van der Waals surface area contributed by atoms with Crippen molar-refractivity contribution in [1.82, 2.24) is 4.90 Å². The zero-order chi connectivity index (χ0) is 12.2. The lowest BCUT2D eigenvalue weighted by Gasteiger charge is -2.29. The summed E-state index contributed by atoms with van der Waals surface area (Å²) < 4.78 is 0. The summed E-state index contributed by atoms with van der Waals surface area (Å²) in [5.74, 6) is 0.362. The van der Waals surface area contributed by atoms with Gasteiger partial charge < -0.3 is 5.73 Å². The maximum atomic E-state index is 12.4. The molecule has 1 atom stereocenters. The third-order valence-corrected chi connectivity index (χ3v) is 4.74. The van der Waals surface area contributed by atoms with Gasteiger partial charge in [-0.05, 0) is 32.3 Å². The van der Waals surface area contributed by atoms with Crippen LogP contribution in [0.15, 0.2) is 11.1 Å². The Morgan fingerprint density at radius 3 is 3.00 bits per heavy atom. The van der Waals surface area contributed by atoms with E-state index in [2.05, 4.69) is 18.0 Å². The number of rotatable bonds is 0. The molecule has 1 spiro atoms. The molecule has 3 rings (SSSR count). The second-order valence-corrected chi connectivity index (χ2v) is 6.08. The van der Waals surface area contributed by atoms with Gasteiger partial charge in [-0.1, -0.05) is 0 Å². The standard InChI is InChI=1S/C12H15N3OS/c1-7-6-8-9(17-7)4-3-5-12(8)10(16)15(2)11(13)14-12/h6H,3-5H2,1-2H3,(H2,13,14)/t12-/m1/s1. The van der Waals surface area contributed by atoms with Gasteiger partial charge >= 0.3 is 0 Å². The van der Waals surface area contributed by atoms with Crippen LogP contribution in [-0.4, -0.2) is 23.8 Å². The molecule has 0 radical (unpaired) electrons. The summed E-state index contributed by atoms with van der Waals surface area (Å²) in [6.07, 6.45) is 2.84. The highest BCUT2D eigenvalue weighted by molar-refractivity contribution is 7.12. The van der Waals surface area contributed by atoms with Crippen LogP contribution in [0.25, 0.3) is 0 Å². The molecular formula is C12H15N3OS. The normalized spacial score (nSPS) is 27.5. The molecule has 1 aromatic rings. The Bertz CT molecular complexity index is 534. The van der Waals surface area contributed by atoms with Gasteiger partial charge in [0, 0.05) is 22.4 Å². The minimum atomic E-state index is -0.711. The Morgan fingerprint density at radius 1 is 1.59 bits per heavy atom. The second kappa shape index (κ2) is 3.32. The maximum absolute atomic E-state index is 12.4. The number of nitrogens with two attached hydrogens (primary N) is 1. The molecule has 0 saturated carbocycles. The van der Waals surface area contributed by atoms with E-state index in [1.54, 1.807) is 18.4 Å². The molecule has 1 aliphatic heterocycles. The monoisotopic (exact) mass is 249 g/mol. The number of likely N-dealkylation sites (N-methyl/N-ethyl adjacent to an activating group) is 1. The molecule has 2 N–H and O–H groups in total. The predicted octanol–water partition coefficient (Wildman–Crippen LogP) is 1.37. The van der Waals surface area contributed by atoms with Crippen molar-refractivity contribution in [2.45, 2.75) is 31.7 Å². The first kappa shape index (κ1) is 10.8. The Labute approximate surface area is 104 Å². The highest BCUT2D eigenvalue weighted by Crippen LogP contribution is 2.45. The summed E-state index contributed by atoms with van der Waals surface area (Å²) in [7, 11) is 1.70. The van der Waals surface area contributed by atoms with Crippen LogP contribution >= 0.6 is 11.3 Å². The molecule has 17 heavy (non-hydrogen) atoms. The molecular weight excluding hydrogens is 234 g/mol. The van der Waals surface area contributed by atoms with Crippen molar-refractivity contribution in [3.63, 3.8) is 0 Å². The minimum absolute atomic E-state index is 0.0220. The van der Waals surface area contributed by atoms with Crippen molar-refractivity contribution < 1.29 is 4.79 Å². The molecule has 0 bridgehead atoms. The van der Waals surface area contributed by atoms with Gasteiger partial charge in [0.2, 0.25) is 0 Å². The lowest BCUT2D eigenvalue weighted by Crippen LogP contribution is -2.41. The molecule has 1 aliphatic carbocycles. The summed E-state index contributed by atoms with van der Waals surface area (Å²) >= 11 is 1.77. The number of aliphatic imine (C=N–C) groups is 1. The highest BCUT2D eigenvalue weighted by atomic mass is 32.1. The number of thiophene rings is 1. The molecule has 2 heterocycles. The summed E-state index contributed by atoms with van der Waals surface area (Å²) in [4.78, 5) is 20.9. The number of hydrogen-bond donors (Lipinski definition) is 1. The average Bonchev–Trinajstić information content (AvgIpc) is 2.76. The van der Waals surface area contributed by atoms with Crippen LogP contribution in [-0.2, 0) is 16.8 Å². The van der Waals surface area contributed by atoms with Gasteiger partial charge in [-0.25, -0.2) is 4.99 Å². The van der Waals surface area contributed by atoms with Crippen LogP contribution in [0.1, 0.15) is 28.2 Å². The molecule has 0 aromatic carbocycles. The largest absolute Gasteiger partial charge is 0.369 e. The Kier molecular flexibility index (Phi) is 2.10. The van der Waals surface area contributed by atoms with Crippen LogP contribution < -0.4 is 5.73 Å². The predicted molar refractivity (Wildman–Crippen MR) is 68.1 cm³/mol. The van der Waals surface area contributed by atoms with Crippen LogP contribution in [0.2, 0.25) is 0 Å². The number of aryl methyl sites for hydroxylation is 2. The van der Waals surface area contributed by atoms with Crippen molar-refractivity contribution in [1.29, 1.82) is 0 Å². The van der Waals surface area contributed by atoms with Crippen LogP contribution in [0.5, 0.6) is 0 Å².